The van der Waals surface area contributed by atoms with Crippen LogP contribution in [0.3, 0.4) is 0 Å². The van der Waals surface area contributed by atoms with Gasteiger partial charge in [0.25, 0.3) is 0 Å². The number of unbranched alkanes of at least 4 members (excludes halogenated alkanes) is 3. The van der Waals surface area contributed by atoms with Crippen molar-refractivity contribution in [2.75, 3.05) is 0 Å². The fraction of sp³-hybridized carbons (Fsp3) is 0.818. The fourth-order valence-corrected chi connectivity index (χ4v) is 1.94. The maximum atomic E-state index is 9.73. The van der Waals surface area contributed by atoms with Crippen molar-refractivity contribution in [3.63, 3.8) is 0 Å². The predicted molar refractivity (Wildman–Crippen MR) is 68.7 cm³/mol. The molecule has 0 bridgehead atoms. The quantitative estimate of drug-likeness (QED) is 0.412. The molecule has 0 aromatic carbocycles. The molecule has 2 atom stereocenters. The Morgan fingerprint density at radius 1 is 1.27 bits per heavy atom. The van der Waals surface area contributed by atoms with Gasteiger partial charge >= 0.3 is 0 Å². The van der Waals surface area contributed by atoms with Gasteiger partial charge in [0.1, 0.15) is 6.10 Å². The van der Waals surface area contributed by atoms with E-state index in [2.05, 4.69) is 13.5 Å². The third kappa shape index (κ3) is 6.68. The first kappa shape index (κ1) is 15.6. The zero-order valence-electron chi connectivity index (χ0n) is 9.06. The standard InChI is InChI=1S/C11H19Cl3O/c1-3-5-6-7-8-9(4-2)10(15)11(12,13)14/h4,9-10,15H,2-3,5-8H2,1H3/t9-,10-/m1/s1. The van der Waals surface area contributed by atoms with Crippen LogP contribution in [0.4, 0.5) is 0 Å². The van der Waals surface area contributed by atoms with Crippen molar-refractivity contribution < 1.29 is 5.11 Å². The Kier molecular flexibility index (Phi) is 8.08. The van der Waals surface area contributed by atoms with E-state index in [0.717, 1.165) is 19.3 Å². The SMILES string of the molecule is C=C[C@H](CCCCCC)[C@@H](O)C(Cl)(Cl)Cl. The van der Waals surface area contributed by atoms with Gasteiger partial charge in [-0.05, 0) is 6.42 Å². The summed E-state index contributed by atoms with van der Waals surface area (Å²) in [7, 11) is 0. The Hall–Kier alpha value is 0.570. The van der Waals surface area contributed by atoms with Crippen LogP contribution in [0.5, 0.6) is 0 Å². The van der Waals surface area contributed by atoms with Crippen molar-refractivity contribution in [3.8, 4) is 0 Å². The predicted octanol–water partition coefficient (Wildman–Crippen LogP) is 4.49. The molecule has 0 saturated carbocycles. The Morgan fingerprint density at radius 2 is 1.87 bits per heavy atom. The fourth-order valence-electron chi connectivity index (χ4n) is 1.45. The molecule has 15 heavy (non-hydrogen) atoms. The lowest BCUT2D eigenvalue weighted by molar-refractivity contribution is 0.128. The van der Waals surface area contributed by atoms with E-state index in [-0.39, 0.29) is 5.92 Å². The summed E-state index contributed by atoms with van der Waals surface area (Å²) < 4.78 is -1.62. The Labute approximate surface area is 107 Å². The number of aliphatic hydroxyl groups is 1. The van der Waals surface area contributed by atoms with Gasteiger partial charge in [-0.1, -0.05) is 73.5 Å². The molecule has 0 heterocycles. The number of halogens is 3. The van der Waals surface area contributed by atoms with Crippen molar-refractivity contribution in [1.82, 2.24) is 0 Å². The Balaban J connectivity index is 3.97. The molecule has 0 unspecified atom stereocenters. The molecule has 4 heteroatoms. The van der Waals surface area contributed by atoms with Crippen LogP contribution >= 0.6 is 34.8 Å². The number of rotatable bonds is 7. The zero-order chi connectivity index (χ0) is 11.9. The normalized spacial score (nSPS) is 16.1. The van der Waals surface area contributed by atoms with Crippen LogP contribution in [0.2, 0.25) is 0 Å². The lowest BCUT2D eigenvalue weighted by Gasteiger charge is -2.25. The van der Waals surface area contributed by atoms with Gasteiger partial charge < -0.3 is 5.11 Å². The summed E-state index contributed by atoms with van der Waals surface area (Å²) in [4.78, 5) is 0. The highest BCUT2D eigenvalue weighted by Crippen LogP contribution is 2.36. The molecule has 1 N–H and O–H groups in total. The Bertz CT molecular complexity index is 177. The van der Waals surface area contributed by atoms with Crippen molar-refractivity contribution in [1.29, 1.82) is 0 Å². The van der Waals surface area contributed by atoms with E-state index in [0.29, 0.717) is 0 Å². The average molecular weight is 274 g/mol. The molecule has 0 spiro atoms. The minimum Gasteiger partial charge on any atom is -0.388 e. The number of alkyl halides is 3. The van der Waals surface area contributed by atoms with E-state index in [9.17, 15) is 5.11 Å². The summed E-state index contributed by atoms with van der Waals surface area (Å²) in [5.41, 5.74) is 0. The third-order valence-corrected chi connectivity index (χ3v) is 3.11. The number of aliphatic hydroxyl groups excluding tert-OH is 1. The first-order valence-electron chi connectivity index (χ1n) is 5.30. The number of hydrogen-bond acceptors (Lipinski definition) is 1. The zero-order valence-corrected chi connectivity index (χ0v) is 11.3. The molecule has 0 aliphatic rings. The van der Waals surface area contributed by atoms with Crippen molar-refractivity contribution in [3.05, 3.63) is 12.7 Å². The Morgan fingerprint density at radius 3 is 2.27 bits per heavy atom. The molecule has 0 saturated heterocycles. The second-order valence-corrected chi connectivity index (χ2v) is 6.10. The molecule has 0 fully saturated rings. The van der Waals surface area contributed by atoms with E-state index in [1.54, 1.807) is 6.08 Å². The van der Waals surface area contributed by atoms with Crippen LogP contribution in [0, 0.1) is 5.92 Å². The van der Waals surface area contributed by atoms with Crippen molar-refractivity contribution >= 4 is 34.8 Å². The molecule has 0 aromatic heterocycles. The van der Waals surface area contributed by atoms with Crippen LogP contribution in [-0.2, 0) is 0 Å². The topological polar surface area (TPSA) is 20.2 Å². The van der Waals surface area contributed by atoms with E-state index in [1.807, 2.05) is 0 Å². The van der Waals surface area contributed by atoms with E-state index < -0.39 is 9.90 Å². The summed E-state index contributed by atoms with van der Waals surface area (Å²) in [5.74, 6) is -0.144. The third-order valence-electron chi connectivity index (χ3n) is 2.43. The molecule has 0 aliphatic carbocycles. The molecular weight excluding hydrogens is 254 g/mol. The molecular formula is C11H19Cl3O. The summed E-state index contributed by atoms with van der Waals surface area (Å²) in [6.07, 6.45) is 6.08. The highest BCUT2D eigenvalue weighted by Gasteiger charge is 2.35. The van der Waals surface area contributed by atoms with Crippen molar-refractivity contribution in [2.45, 2.75) is 48.9 Å². The minimum absolute atomic E-state index is 0.144. The number of hydrogen-bond donors (Lipinski definition) is 1. The van der Waals surface area contributed by atoms with E-state index in [1.165, 1.54) is 12.8 Å². The van der Waals surface area contributed by atoms with E-state index in [4.69, 9.17) is 34.8 Å². The second kappa shape index (κ2) is 7.78. The molecule has 0 aromatic rings. The maximum absolute atomic E-state index is 9.73. The minimum atomic E-state index is -1.62. The van der Waals surface area contributed by atoms with Gasteiger partial charge in [-0.15, -0.1) is 6.58 Å². The lowest BCUT2D eigenvalue weighted by Crippen LogP contribution is -2.32. The van der Waals surface area contributed by atoms with Crippen LogP contribution in [0.15, 0.2) is 12.7 Å². The smallest absolute Gasteiger partial charge is 0.216 e. The molecule has 0 amide bonds. The van der Waals surface area contributed by atoms with Gasteiger partial charge in [0, 0.05) is 5.92 Å². The van der Waals surface area contributed by atoms with E-state index >= 15 is 0 Å². The molecule has 1 nitrogen and oxygen atoms in total. The highest BCUT2D eigenvalue weighted by atomic mass is 35.6. The summed E-state index contributed by atoms with van der Waals surface area (Å²) in [6, 6.07) is 0. The summed E-state index contributed by atoms with van der Waals surface area (Å²) in [6.45, 7) is 5.81. The highest BCUT2D eigenvalue weighted by molar-refractivity contribution is 6.68. The average Bonchev–Trinajstić information content (AvgIpc) is 2.16. The largest absolute Gasteiger partial charge is 0.388 e. The van der Waals surface area contributed by atoms with Gasteiger partial charge in [-0.3, -0.25) is 0 Å². The first-order valence-corrected chi connectivity index (χ1v) is 6.44. The van der Waals surface area contributed by atoms with Gasteiger partial charge in [0.05, 0.1) is 0 Å². The maximum Gasteiger partial charge on any atom is 0.216 e. The van der Waals surface area contributed by atoms with Gasteiger partial charge in [-0.25, -0.2) is 0 Å². The van der Waals surface area contributed by atoms with Crippen LogP contribution in [-0.4, -0.2) is 15.0 Å². The summed E-state index contributed by atoms with van der Waals surface area (Å²) in [5, 5.41) is 9.73. The molecule has 0 rings (SSSR count). The van der Waals surface area contributed by atoms with Gasteiger partial charge in [-0.2, -0.15) is 0 Å². The molecule has 0 aliphatic heterocycles. The monoisotopic (exact) mass is 272 g/mol. The lowest BCUT2D eigenvalue weighted by atomic mass is 9.96. The molecule has 90 valence electrons. The van der Waals surface area contributed by atoms with Crippen molar-refractivity contribution in [2.24, 2.45) is 5.92 Å². The van der Waals surface area contributed by atoms with Crippen LogP contribution in [0.25, 0.3) is 0 Å². The summed E-state index contributed by atoms with van der Waals surface area (Å²) >= 11 is 16.9. The van der Waals surface area contributed by atoms with Gasteiger partial charge in [0.2, 0.25) is 3.79 Å². The van der Waals surface area contributed by atoms with Gasteiger partial charge in [0.15, 0.2) is 0 Å². The molecule has 0 radical (unpaired) electrons. The van der Waals surface area contributed by atoms with Crippen LogP contribution < -0.4 is 0 Å². The van der Waals surface area contributed by atoms with Crippen LogP contribution in [0.1, 0.15) is 39.0 Å². The first-order chi connectivity index (χ1) is 6.93. The second-order valence-electron chi connectivity index (χ2n) is 3.74.